The van der Waals surface area contributed by atoms with Crippen LogP contribution >= 0.6 is 0 Å². The lowest BCUT2D eigenvalue weighted by Crippen LogP contribution is -2.23. The van der Waals surface area contributed by atoms with E-state index in [2.05, 4.69) is 58.9 Å². The van der Waals surface area contributed by atoms with E-state index < -0.39 is 0 Å². The highest BCUT2D eigenvalue weighted by Gasteiger charge is 2.14. The van der Waals surface area contributed by atoms with Crippen LogP contribution in [0.4, 0.5) is 4.39 Å². The van der Waals surface area contributed by atoms with E-state index in [9.17, 15) is 4.39 Å². The molecule has 0 fully saturated rings. The molecule has 0 saturated carbocycles. The molecule has 0 amide bonds. The number of hydrogen-bond acceptors (Lipinski definition) is 3. The van der Waals surface area contributed by atoms with Gasteiger partial charge in [-0.05, 0) is 57.3 Å². The number of likely N-dealkylation sites (N-methyl/N-ethyl adjacent to an activating group) is 1. The quantitative estimate of drug-likeness (QED) is 0.452. The van der Waals surface area contributed by atoms with Gasteiger partial charge in [-0.25, -0.2) is 14.1 Å². The molecule has 0 aliphatic carbocycles. The number of hydrogen-bond donors (Lipinski definition) is 0. The zero-order valence-corrected chi connectivity index (χ0v) is 17.6. The molecule has 0 N–H and O–H groups in total. The minimum Gasteiger partial charge on any atom is -0.334 e. The predicted molar refractivity (Wildman–Crippen MR) is 117 cm³/mol. The van der Waals surface area contributed by atoms with Crippen molar-refractivity contribution in [1.29, 1.82) is 0 Å². The molecule has 0 unspecified atom stereocenters. The van der Waals surface area contributed by atoms with Crippen LogP contribution in [0.1, 0.15) is 17.0 Å². The highest BCUT2D eigenvalue weighted by molar-refractivity contribution is 5.63. The molecule has 4 aromatic rings. The molecule has 2 heterocycles. The zero-order chi connectivity index (χ0) is 21.1. The predicted octanol–water partition coefficient (Wildman–Crippen LogP) is 4.62. The summed E-state index contributed by atoms with van der Waals surface area (Å²) in [5, 5.41) is 4.84. The average Bonchev–Trinajstić information content (AvgIpc) is 3.34. The minimum absolute atomic E-state index is 0.244. The molecule has 0 saturated heterocycles. The van der Waals surface area contributed by atoms with Crippen molar-refractivity contribution in [3.63, 3.8) is 0 Å². The van der Waals surface area contributed by atoms with Gasteiger partial charge in [0, 0.05) is 49.4 Å². The summed E-state index contributed by atoms with van der Waals surface area (Å²) in [4.78, 5) is 6.55. The fraction of sp³-hybridized carbons (Fsp3) is 0.250. The van der Waals surface area contributed by atoms with Crippen LogP contribution < -0.4 is 0 Å². The van der Waals surface area contributed by atoms with Gasteiger partial charge in [0.25, 0.3) is 0 Å². The third kappa shape index (κ3) is 4.49. The van der Waals surface area contributed by atoms with Gasteiger partial charge in [-0.15, -0.1) is 0 Å². The average molecular weight is 404 g/mol. The van der Waals surface area contributed by atoms with Crippen molar-refractivity contribution in [2.24, 2.45) is 0 Å². The summed E-state index contributed by atoms with van der Waals surface area (Å²) in [5.74, 6) is 0.772. The van der Waals surface area contributed by atoms with Crippen molar-refractivity contribution < 1.29 is 4.39 Å². The molecule has 0 radical (unpaired) electrons. The van der Waals surface area contributed by atoms with Gasteiger partial charge < -0.3 is 9.47 Å². The third-order valence-electron chi connectivity index (χ3n) is 5.29. The van der Waals surface area contributed by atoms with Crippen LogP contribution in [0.5, 0.6) is 0 Å². The molecule has 2 aromatic heterocycles. The van der Waals surface area contributed by atoms with E-state index in [0.717, 1.165) is 48.0 Å². The number of halogens is 1. The Morgan fingerprint density at radius 2 is 1.73 bits per heavy atom. The summed E-state index contributed by atoms with van der Waals surface area (Å²) in [5.41, 5.74) is 5.11. The largest absolute Gasteiger partial charge is 0.334 e. The Balaban J connectivity index is 1.60. The number of benzene rings is 2. The topological polar surface area (TPSA) is 38.9 Å². The van der Waals surface area contributed by atoms with Gasteiger partial charge >= 0.3 is 0 Å². The summed E-state index contributed by atoms with van der Waals surface area (Å²) in [6, 6.07) is 14.8. The monoisotopic (exact) mass is 403 g/mol. The molecular weight excluding hydrogens is 377 g/mol. The van der Waals surface area contributed by atoms with Gasteiger partial charge in [-0.2, -0.15) is 5.10 Å². The molecule has 0 bridgehead atoms. The first-order valence-corrected chi connectivity index (χ1v) is 10.1. The van der Waals surface area contributed by atoms with Crippen molar-refractivity contribution in [3.05, 3.63) is 89.9 Å². The molecule has 154 valence electrons. The van der Waals surface area contributed by atoms with Crippen molar-refractivity contribution >= 4 is 0 Å². The van der Waals surface area contributed by atoms with E-state index in [1.807, 2.05) is 24.0 Å². The van der Waals surface area contributed by atoms with E-state index in [1.54, 1.807) is 12.1 Å². The van der Waals surface area contributed by atoms with Crippen LogP contribution in [0.2, 0.25) is 0 Å². The Morgan fingerprint density at radius 1 is 1.00 bits per heavy atom. The summed E-state index contributed by atoms with van der Waals surface area (Å²) in [7, 11) is 2.10. The number of aromatic nitrogens is 4. The number of nitrogens with zero attached hydrogens (tertiary/aromatic N) is 5. The summed E-state index contributed by atoms with van der Waals surface area (Å²) in [6.45, 7) is 6.58. The van der Waals surface area contributed by atoms with Crippen molar-refractivity contribution in [3.8, 4) is 16.9 Å². The minimum atomic E-state index is -0.244. The lowest BCUT2D eigenvalue weighted by molar-refractivity contribution is 0.310. The summed E-state index contributed by atoms with van der Waals surface area (Å²) < 4.78 is 17.5. The second kappa shape index (κ2) is 8.63. The van der Waals surface area contributed by atoms with Crippen LogP contribution in [0, 0.1) is 19.7 Å². The van der Waals surface area contributed by atoms with Crippen LogP contribution in [0.15, 0.2) is 67.1 Å². The maximum Gasteiger partial charge on any atom is 0.123 e. The Bertz CT molecular complexity index is 1110. The Morgan fingerprint density at radius 3 is 2.40 bits per heavy atom. The maximum absolute atomic E-state index is 13.4. The summed E-state index contributed by atoms with van der Waals surface area (Å²) in [6.07, 6.45) is 5.90. The van der Waals surface area contributed by atoms with Gasteiger partial charge in [0.15, 0.2) is 0 Å². The van der Waals surface area contributed by atoms with Crippen LogP contribution in [-0.4, -0.2) is 37.8 Å². The van der Waals surface area contributed by atoms with E-state index in [-0.39, 0.29) is 5.82 Å². The molecule has 6 heteroatoms. The van der Waals surface area contributed by atoms with Crippen LogP contribution in [0.25, 0.3) is 16.9 Å². The van der Waals surface area contributed by atoms with Crippen molar-refractivity contribution in [2.75, 3.05) is 13.6 Å². The van der Waals surface area contributed by atoms with Crippen LogP contribution in [-0.2, 0) is 13.1 Å². The number of aryl methyl sites for hydroxylation is 2. The van der Waals surface area contributed by atoms with Gasteiger partial charge in [0.2, 0.25) is 0 Å². The van der Waals surface area contributed by atoms with Gasteiger partial charge in [-0.3, -0.25) is 0 Å². The second-order valence-electron chi connectivity index (χ2n) is 7.70. The van der Waals surface area contributed by atoms with Gasteiger partial charge in [-0.1, -0.05) is 17.7 Å². The summed E-state index contributed by atoms with van der Waals surface area (Å²) >= 11 is 0. The first-order valence-electron chi connectivity index (χ1n) is 10.1. The lowest BCUT2D eigenvalue weighted by Gasteiger charge is -2.17. The first-order chi connectivity index (χ1) is 14.5. The molecule has 4 rings (SSSR count). The molecule has 30 heavy (non-hydrogen) atoms. The highest BCUT2D eigenvalue weighted by atomic mass is 19.1. The van der Waals surface area contributed by atoms with Gasteiger partial charge in [0.1, 0.15) is 11.6 Å². The molecule has 0 aliphatic rings. The normalized spacial score (nSPS) is 11.4. The molecule has 2 aromatic carbocycles. The molecule has 0 spiro atoms. The highest BCUT2D eigenvalue weighted by Crippen LogP contribution is 2.25. The van der Waals surface area contributed by atoms with Crippen LogP contribution in [0.3, 0.4) is 0 Å². The smallest absolute Gasteiger partial charge is 0.123 e. The molecule has 0 atom stereocenters. The fourth-order valence-corrected chi connectivity index (χ4v) is 3.49. The molecule has 0 aliphatic heterocycles. The van der Waals surface area contributed by atoms with E-state index in [4.69, 9.17) is 5.10 Å². The SMILES string of the molecule is Cc1ccc(-n2cc(CN(C)CCn3ccnc3C)c(-c3ccc(F)cc3)n2)cc1. The second-order valence-corrected chi connectivity index (χ2v) is 7.70. The third-order valence-corrected chi connectivity index (χ3v) is 5.29. The van der Waals surface area contributed by atoms with Gasteiger partial charge in [0.05, 0.1) is 11.4 Å². The van der Waals surface area contributed by atoms with E-state index >= 15 is 0 Å². The van der Waals surface area contributed by atoms with Crippen molar-refractivity contribution in [2.45, 2.75) is 26.9 Å². The Hall–Kier alpha value is -3.25. The lowest BCUT2D eigenvalue weighted by atomic mass is 10.1. The fourth-order valence-electron chi connectivity index (χ4n) is 3.49. The Labute approximate surface area is 176 Å². The number of imidazole rings is 1. The Kier molecular flexibility index (Phi) is 5.77. The number of rotatable bonds is 7. The van der Waals surface area contributed by atoms with E-state index in [1.165, 1.54) is 17.7 Å². The zero-order valence-electron chi connectivity index (χ0n) is 17.6. The molecular formula is C24H26FN5. The maximum atomic E-state index is 13.4. The van der Waals surface area contributed by atoms with E-state index in [0.29, 0.717) is 0 Å². The molecule has 5 nitrogen and oxygen atoms in total. The standard InChI is InChI=1S/C24H26FN5/c1-18-4-10-23(11-5-18)30-17-21(24(27-30)20-6-8-22(25)9-7-20)16-28(3)14-15-29-13-12-26-19(29)2/h4-13,17H,14-16H2,1-3H3. The first kappa shape index (κ1) is 20.0. The van der Waals surface area contributed by atoms with Crippen molar-refractivity contribution in [1.82, 2.24) is 24.2 Å².